The summed E-state index contributed by atoms with van der Waals surface area (Å²) in [6.07, 6.45) is 3.03. The normalized spacial score (nSPS) is 28.2. The van der Waals surface area contributed by atoms with Crippen LogP contribution in [0.2, 0.25) is 0 Å². The van der Waals surface area contributed by atoms with Gasteiger partial charge in [-0.2, -0.15) is 0 Å². The van der Waals surface area contributed by atoms with Crippen LogP contribution in [0.15, 0.2) is 0 Å². The van der Waals surface area contributed by atoms with Gasteiger partial charge in [0.15, 0.2) is 0 Å². The summed E-state index contributed by atoms with van der Waals surface area (Å²) in [6.45, 7) is 4.96. The number of hydrogen-bond acceptors (Lipinski definition) is 5. The van der Waals surface area contributed by atoms with E-state index in [1.165, 1.54) is 0 Å². The third-order valence-corrected chi connectivity index (χ3v) is 4.17. The second kappa shape index (κ2) is 4.15. The molecule has 0 spiro atoms. The van der Waals surface area contributed by atoms with Crippen molar-refractivity contribution in [3.63, 3.8) is 0 Å². The molecule has 1 fully saturated rings. The molecule has 0 amide bonds. The SMILES string of the molecule is CCC(N)c1nnc(C2(C)CCCO2)s1. The van der Waals surface area contributed by atoms with E-state index in [2.05, 4.69) is 24.0 Å². The van der Waals surface area contributed by atoms with Crippen LogP contribution in [-0.2, 0) is 10.3 Å². The highest BCUT2D eigenvalue weighted by molar-refractivity contribution is 7.11. The third kappa shape index (κ3) is 2.04. The van der Waals surface area contributed by atoms with E-state index in [0.717, 1.165) is 35.9 Å². The van der Waals surface area contributed by atoms with E-state index < -0.39 is 0 Å². The van der Waals surface area contributed by atoms with Gasteiger partial charge in [-0.15, -0.1) is 10.2 Å². The maximum absolute atomic E-state index is 5.92. The fraction of sp³-hybridized carbons (Fsp3) is 0.800. The van der Waals surface area contributed by atoms with Crippen LogP contribution in [0.4, 0.5) is 0 Å². The molecule has 1 aromatic rings. The standard InChI is InChI=1S/C10H17N3OS/c1-3-7(11)8-12-13-9(15-8)10(2)5-4-6-14-10/h7H,3-6,11H2,1-2H3. The van der Waals surface area contributed by atoms with Gasteiger partial charge in [-0.1, -0.05) is 18.3 Å². The minimum Gasteiger partial charge on any atom is -0.368 e. The first kappa shape index (κ1) is 11.0. The summed E-state index contributed by atoms with van der Waals surface area (Å²) in [5.74, 6) is 0. The van der Waals surface area contributed by atoms with E-state index in [4.69, 9.17) is 10.5 Å². The molecule has 4 nitrogen and oxygen atoms in total. The smallest absolute Gasteiger partial charge is 0.149 e. The van der Waals surface area contributed by atoms with Crippen LogP contribution in [-0.4, -0.2) is 16.8 Å². The monoisotopic (exact) mass is 227 g/mol. The first-order chi connectivity index (χ1) is 7.15. The Morgan fingerprint density at radius 1 is 1.60 bits per heavy atom. The van der Waals surface area contributed by atoms with Gasteiger partial charge in [0.2, 0.25) is 0 Å². The molecule has 2 heterocycles. The van der Waals surface area contributed by atoms with Crippen molar-refractivity contribution >= 4 is 11.3 Å². The second-order valence-corrected chi connectivity index (χ2v) is 5.15. The van der Waals surface area contributed by atoms with E-state index in [-0.39, 0.29) is 11.6 Å². The molecule has 84 valence electrons. The lowest BCUT2D eigenvalue weighted by Gasteiger charge is -2.18. The van der Waals surface area contributed by atoms with E-state index >= 15 is 0 Å². The highest BCUT2D eigenvalue weighted by Crippen LogP contribution is 2.37. The number of rotatable bonds is 3. The lowest BCUT2D eigenvalue weighted by molar-refractivity contribution is 0.0161. The summed E-state index contributed by atoms with van der Waals surface area (Å²) in [7, 11) is 0. The van der Waals surface area contributed by atoms with Crippen LogP contribution < -0.4 is 5.73 Å². The van der Waals surface area contributed by atoms with Crippen molar-refractivity contribution in [2.45, 2.75) is 44.8 Å². The van der Waals surface area contributed by atoms with Gasteiger partial charge in [0.25, 0.3) is 0 Å². The molecule has 2 N–H and O–H groups in total. The Balaban J connectivity index is 2.19. The molecule has 1 aromatic heterocycles. The number of nitrogens with zero attached hydrogens (tertiary/aromatic N) is 2. The zero-order chi connectivity index (χ0) is 10.9. The van der Waals surface area contributed by atoms with Crippen LogP contribution in [0.1, 0.15) is 49.2 Å². The molecule has 1 saturated heterocycles. The Bertz CT molecular complexity index is 333. The number of aromatic nitrogens is 2. The lowest BCUT2D eigenvalue weighted by atomic mass is 10.0. The van der Waals surface area contributed by atoms with E-state index in [1.54, 1.807) is 11.3 Å². The zero-order valence-electron chi connectivity index (χ0n) is 9.19. The largest absolute Gasteiger partial charge is 0.368 e. The van der Waals surface area contributed by atoms with Crippen molar-refractivity contribution in [1.82, 2.24) is 10.2 Å². The first-order valence-corrected chi connectivity index (χ1v) is 6.21. The number of nitrogens with two attached hydrogens (primary N) is 1. The van der Waals surface area contributed by atoms with Crippen molar-refractivity contribution in [3.8, 4) is 0 Å². The predicted octanol–water partition coefficient (Wildman–Crippen LogP) is 1.97. The summed E-state index contributed by atoms with van der Waals surface area (Å²) in [6, 6.07) is 0.0150. The number of hydrogen-bond donors (Lipinski definition) is 1. The molecule has 2 rings (SSSR count). The highest BCUT2D eigenvalue weighted by atomic mass is 32.1. The minimum absolute atomic E-state index is 0.0150. The molecule has 1 aliphatic heterocycles. The molecular weight excluding hydrogens is 210 g/mol. The average Bonchev–Trinajstić information content (AvgIpc) is 2.85. The van der Waals surface area contributed by atoms with Crippen molar-refractivity contribution in [2.24, 2.45) is 5.73 Å². The van der Waals surface area contributed by atoms with Gasteiger partial charge in [-0.3, -0.25) is 0 Å². The van der Waals surface area contributed by atoms with Gasteiger partial charge in [-0.25, -0.2) is 0 Å². The predicted molar refractivity (Wildman–Crippen MR) is 59.7 cm³/mol. The average molecular weight is 227 g/mol. The van der Waals surface area contributed by atoms with Crippen molar-refractivity contribution in [3.05, 3.63) is 10.0 Å². The number of ether oxygens (including phenoxy) is 1. The summed E-state index contributed by atoms with van der Waals surface area (Å²) in [5, 5.41) is 10.2. The molecule has 0 radical (unpaired) electrons. The Labute approximate surface area is 93.8 Å². The van der Waals surface area contributed by atoms with Crippen LogP contribution in [0.25, 0.3) is 0 Å². The first-order valence-electron chi connectivity index (χ1n) is 5.39. The summed E-state index contributed by atoms with van der Waals surface area (Å²) < 4.78 is 5.72. The topological polar surface area (TPSA) is 61.0 Å². The Hall–Kier alpha value is -0.520. The minimum atomic E-state index is -0.219. The molecule has 2 unspecified atom stereocenters. The highest BCUT2D eigenvalue weighted by Gasteiger charge is 2.35. The van der Waals surface area contributed by atoms with E-state index in [1.807, 2.05) is 0 Å². The van der Waals surface area contributed by atoms with Crippen LogP contribution >= 0.6 is 11.3 Å². The molecule has 5 heteroatoms. The third-order valence-electron chi connectivity index (χ3n) is 2.87. The molecule has 2 atom stereocenters. The molecule has 1 aliphatic rings. The van der Waals surface area contributed by atoms with Gasteiger partial charge in [0, 0.05) is 6.61 Å². The van der Waals surface area contributed by atoms with Gasteiger partial charge in [0.1, 0.15) is 15.6 Å². The maximum Gasteiger partial charge on any atom is 0.149 e. The fourth-order valence-electron chi connectivity index (χ4n) is 1.72. The van der Waals surface area contributed by atoms with Crippen molar-refractivity contribution < 1.29 is 4.74 Å². The zero-order valence-corrected chi connectivity index (χ0v) is 10.0. The molecule has 0 aromatic carbocycles. The summed E-state index contributed by atoms with van der Waals surface area (Å²) >= 11 is 1.59. The van der Waals surface area contributed by atoms with Gasteiger partial charge < -0.3 is 10.5 Å². The Morgan fingerprint density at radius 3 is 3.00 bits per heavy atom. The molecule has 0 aliphatic carbocycles. The summed E-state index contributed by atoms with van der Waals surface area (Å²) in [4.78, 5) is 0. The van der Waals surface area contributed by atoms with Crippen LogP contribution in [0.5, 0.6) is 0 Å². The van der Waals surface area contributed by atoms with Crippen molar-refractivity contribution in [2.75, 3.05) is 6.61 Å². The quantitative estimate of drug-likeness (QED) is 0.857. The Kier molecular flexibility index (Phi) is 3.04. The van der Waals surface area contributed by atoms with Gasteiger partial charge >= 0.3 is 0 Å². The molecular formula is C10H17N3OS. The molecule has 0 bridgehead atoms. The fourth-order valence-corrected chi connectivity index (χ4v) is 2.78. The van der Waals surface area contributed by atoms with Gasteiger partial charge in [-0.05, 0) is 26.2 Å². The summed E-state index contributed by atoms with van der Waals surface area (Å²) in [5.41, 5.74) is 5.70. The van der Waals surface area contributed by atoms with E-state index in [9.17, 15) is 0 Å². The van der Waals surface area contributed by atoms with Gasteiger partial charge in [0.05, 0.1) is 6.04 Å². The lowest BCUT2D eigenvalue weighted by Crippen LogP contribution is -2.19. The van der Waals surface area contributed by atoms with Crippen LogP contribution in [0.3, 0.4) is 0 Å². The van der Waals surface area contributed by atoms with Crippen molar-refractivity contribution in [1.29, 1.82) is 0 Å². The van der Waals surface area contributed by atoms with E-state index in [0.29, 0.717) is 0 Å². The second-order valence-electron chi connectivity index (χ2n) is 4.14. The Morgan fingerprint density at radius 2 is 2.40 bits per heavy atom. The molecule has 0 saturated carbocycles. The van der Waals surface area contributed by atoms with Crippen LogP contribution in [0, 0.1) is 0 Å². The maximum atomic E-state index is 5.92. The molecule has 15 heavy (non-hydrogen) atoms.